The Morgan fingerprint density at radius 1 is 1.02 bits per heavy atom. The first-order chi connectivity index (χ1) is 19.6. The van der Waals surface area contributed by atoms with Crippen LogP contribution < -0.4 is 15.1 Å². The average molecular weight is 604 g/mol. The number of alkyl halides is 2. The average Bonchev–Trinajstić information content (AvgIpc) is 3.59. The highest BCUT2D eigenvalue weighted by Gasteiger charge is 2.47. The number of hydrogen-bond acceptors (Lipinski definition) is 8. The summed E-state index contributed by atoms with van der Waals surface area (Å²) < 4.78 is 52.5. The van der Waals surface area contributed by atoms with Crippen LogP contribution in [0.25, 0.3) is 10.4 Å². The number of benzene rings is 1. The van der Waals surface area contributed by atoms with Crippen molar-refractivity contribution in [1.82, 2.24) is 10.3 Å². The Kier molecular flexibility index (Phi) is 7.47. The van der Waals surface area contributed by atoms with Gasteiger partial charge in [0.2, 0.25) is 5.91 Å². The summed E-state index contributed by atoms with van der Waals surface area (Å²) in [5.41, 5.74) is 1.86. The maximum absolute atomic E-state index is 14.4. The van der Waals surface area contributed by atoms with Gasteiger partial charge in [-0.15, -0.1) is 0 Å². The summed E-state index contributed by atoms with van der Waals surface area (Å²) in [6.45, 7) is 1.04. The predicted molar refractivity (Wildman–Crippen MR) is 155 cm³/mol. The molecule has 4 aliphatic rings. The van der Waals surface area contributed by atoms with Crippen LogP contribution in [0.3, 0.4) is 0 Å². The molecule has 0 bridgehead atoms. The number of anilines is 2. The van der Waals surface area contributed by atoms with Crippen molar-refractivity contribution in [2.45, 2.75) is 68.7 Å². The van der Waals surface area contributed by atoms with Crippen molar-refractivity contribution in [2.75, 3.05) is 47.5 Å². The molecule has 2 aromatic rings. The monoisotopic (exact) mass is 603 g/mol. The number of thiazole rings is 1. The van der Waals surface area contributed by atoms with Gasteiger partial charge in [-0.05, 0) is 49.8 Å². The first kappa shape index (κ1) is 28.3. The third kappa shape index (κ3) is 6.07. The van der Waals surface area contributed by atoms with Gasteiger partial charge in [0.25, 0.3) is 5.92 Å². The highest BCUT2D eigenvalue weighted by molar-refractivity contribution is 7.91. The van der Waals surface area contributed by atoms with Gasteiger partial charge < -0.3 is 15.1 Å². The smallest absolute Gasteiger partial charge is 0.265 e. The molecular weight excluding hydrogens is 568 g/mol. The van der Waals surface area contributed by atoms with Gasteiger partial charge in [0.1, 0.15) is 5.54 Å². The Labute approximate surface area is 243 Å². The van der Waals surface area contributed by atoms with Gasteiger partial charge in [0.15, 0.2) is 15.0 Å². The zero-order valence-electron chi connectivity index (χ0n) is 22.9. The van der Waals surface area contributed by atoms with Crippen molar-refractivity contribution in [3.8, 4) is 16.5 Å². The van der Waals surface area contributed by atoms with E-state index in [0.29, 0.717) is 50.4 Å². The van der Waals surface area contributed by atoms with Gasteiger partial charge in [-0.2, -0.15) is 5.26 Å². The summed E-state index contributed by atoms with van der Waals surface area (Å²) in [5.74, 6) is -3.12. The number of carbonyl (C=O) groups is 1. The van der Waals surface area contributed by atoms with Crippen LogP contribution in [0.5, 0.6) is 0 Å². The van der Waals surface area contributed by atoms with E-state index in [1.165, 1.54) is 11.3 Å². The molecule has 2 atom stereocenters. The fraction of sp³-hybridized carbons (Fsp3) is 0.621. The summed E-state index contributed by atoms with van der Waals surface area (Å²) in [6, 6.07) is 10.2. The molecule has 2 aliphatic carbocycles. The number of nitrogens with zero attached hydrogens (tertiary/aromatic N) is 4. The third-order valence-electron chi connectivity index (χ3n) is 8.92. The molecule has 0 unspecified atom stereocenters. The lowest BCUT2D eigenvalue weighted by atomic mass is 9.76. The molecule has 8 nitrogen and oxygen atoms in total. The lowest BCUT2D eigenvalue weighted by Gasteiger charge is -2.32. The largest absolute Gasteiger partial charge is 0.369 e. The van der Waals surface area contributed by atoms with Crippen LogP contribution >= 0.6 is 11.3 Å². The number of sulfone groups is 1. The van der Waals surface area contributed by atoms with Gasteiger partial charge in [0, 0.05) is 43.6 Å². The van der Waals surface area contributed by atoms with Gasteiger partial charge in [-0.25, -0.2) is 22.2 Å². The van der Waals surface area contributed by atoms with Crippen molar-refractivity contribution in [3.05, 3.63) is 30.0 Å². The second-order valence-corrected chi connectivity index (χ2v) is 15.2. The number of amides is 1. The Bertz CT molecular complexity index is 1440. The molecule has 0 spiro atoms. The van der Waals surface area contributed by atoms with Crippen molar-refractivity contribution < 1.29 is 22.0 Å². The van der Waals surface area contributed by atoms with Crippen molar-refractivity contribution in [2.24, 2.45) is 5.92 Å². The fourth-order valence-corrected chi connectivity index (χ4v) is 8.70. The van der Waals surface area contributed by atoms with E-state index >= 15 is 0 Å². The van der Waals surface area contributed by atoms with E-state index in [4.69, 9.17) is 4.98 Å². The lowest BCUT2D eigenvalue weighted by molar-refractivity contribution is -0.127. The van der Waals surface area contributed by atoms with Crippen LogP contribution in [0.1, 0.15) is 63.0 Å². The highest BCUT2D eigenvalue weighted by atomic mass is 32.2. The number of rotatable bonds is 6. The summed E-state index contributed by atoms with van der Waals surface area (Å²) in [6.07, 6.45) is 4.92. The van der Waals surface area contributed by atoms with Crippen LogP contribution in [0.4, 0.5) is 19.6 Å². The Hall–Kier alpha value is -2.78. The molecule has 0 radical (unpaired) electrons. The predicted octanol–water partition coefficient (Wildman–Crippen LogP) is 4.73. The summed E-state index contributed by atoms with van der Waals surface area (Å²) in [7, 11) is -2.99. The van der Waals surface area contributed by atoms with Crippen LogP contribution in [0, 0.1) is 17.2 Å². The summed E-state index contributed by atoms with van der Waals surface area (Å²) in [4.78, 5) is 23.1. The summed E-state index contributed by atoms with van der Waals surface area (Å²) in [5, 5.41) is 13.1. The van der Waals surface area contributed by atoms with E-state index in [2.05, 4.69) is 16.3 Å². The van der Waals surface area contributed by atoms with Crippen LogP contribution in [-0.4, -0.2) is 68.5 Å². The van der Waals surface area contributed by atoms with Crippen LogP contribution in [0.15, 0.2) is 24.3 Å². The number of nitrogens with one attached hydrogen (secondary N) is 1. The van der Waals surface area contributed by atoms with Gasteiger partial charge in [-0.3, -0.25) is 4.79 Å². The molecule has 1 aromatic carbocycles. The van der Waals surface area contributed by atoms with Crippen LogP contribution in [0.2, 0.25) is 0 Å². The molecule has 2 saturated heterocycles. The van der Waals surface area contributed by atoms with E-state index in [-0.39, 0.29) is 42.2 Å². The topological polar surface area (TPSA) is 106 Å². The molecule has 4 fully saturated rings. The minimum absolute atomic E-state index is 0.117. The molecule has 3 heterocycles. The van der Waals surface area contributed by atoms with E-state index in [0.717, 1.165) is 41.1 Å². The molecule has 2 saturated carbocycles. The highest BCUT2D eigenvalue weighted by Crippen LogP contribution is 2.47. The second kappa shape index (κ2) is 10.8. The number of halogens is 2. The molecule has 41 heavy (non-hydrogen) atoms. The van der Waals surface area contributed by atoms with E-state index in [1.807, 2.05) is 24.3 Å². The normalized spacial score (nSPS) is 26.7. The second-order valence-electron chi connectivity index (χ2n) is 12.0. The maximum Gasteiger partial charge on any atom is 0.265 e. The summed E-state index contributed by atoms with van der Waals surface area (Å²) >= 11 is 1.40. The molecular formula is C29H35F2N5O3S2. The molecule has 220 valence electrons. The van der Waals surface area contributed by atoms with Crippen molar-refractivity contribution >= 4 is 37.9 Å². The zero-order valence-corrected chi connectivity index (χ0v) is 24.6. The van der Waals surface area contributed by atoms with E-state index < -0.39 is 21.3 Å². The number of aromatic nitrogens is 1. The number of carbonyl (C=O) groups excluding carboxylic acids is 1. The first-order valence-corrected chi connectivity index (χ1v) is 17.1. The third-order valence-corrected chi connectivity index (χ3v) is 11.7. The SMILES string of the molecule is N#CC1(NC(=O)[C@@H]2CCCC[C@H]2c2nc(N3CCCC(F)(F)C3)sc2-c2ccc(N3CCS(=O)(=O)CC3)cc2)CC1. The van der Waals surface area contributed by atoms with E-state index in [1.54, 1.807) is 4.90 Å². The maximum atomic E-state index is 14.4. The van der Waals surface area contributed by atoms with Gasteiger partial charge >= 0.3 is 0 Å². The minimum Gasteiger partial charge on any atom is -0.369 e. The molecule has 1 aromatic heterocycles. The van der Waals surface area contributed by atoms with Gasteiger partial charge in [0.05, 0.1) is 34.7 Å². The molecule has 12 heteroatoms. The zero-order chi connectivity index (χ0) is 28.8. The fourth-order valence-electron chi connectivity index (χ4n) is 6.33. The van der Waals surface area contributed by atoms with Crippen molar-refractivity contribution in [1.29, 1.82) is 5.26 Å². The molecule has 1 N–H and O–H groups in total. The van der Waals surface area contributed by atoms with E-state index in [9.17, 15) is 27.3 Å². The first-order valence-electron chi connectivity index (χ1n) is 14.5. The standard InChI is InChI=1S/C29H35F2N5O3S2/c30-29(31)10-3-13-36(19-29)27-33-24(22-4-1-2-5-23(22)26(37)34-28(18-32)11-12-28)25(40-27)20-6-8-21(9-7-20)35-14-16-41(38,39)17-15-35/h6-9,22-23H,1-5,10-17,19H2,(H,34,37)/t22-,23-/m1/s1. The number of hydrogen-bond donors (Lipinski definition) is 1. The Balaban J connectivity index is 1.33. The van der Waals surface area contributed by atoms with Crippen LogP contribution in [-0.2, 0) is 14.6 Å². The van der Waals surface area contributed by atoms with Gasteiger partial charge in [-0.1, -0.05) is 36.3 Å². The molecule has 6 rings (SSSR count). The minimum atomic E-state index is -2.99. The lowest BCUT2D eigenvalue weighted by Crippen LogP contribution is -2.43. The Morgan fingerprint density at radius 2 is 1.73 bits per heavy atom. The number of nitriles is 1. The molecule has 1 amide bonds. The Morgan fingerprint density at radius 3 is 2.39 bits per heavy atom. The van der Waals surface area contributed by atoms with Crippen molar-refractivity contribution in [3.63, 3.8) is 0 Å². The quantitative estimate of drug-likeness (QED) is 0.509. The molecule has 2 aliphatic heterocycles. The number of piperidine rings is 1.